The topological polar surface area (TPSA) is 66.8 Å². The van der Waals surface area contributed by atoms with Gasteiger partial charge in [-0.05, 0) is 30.7 Å². The molecule has 0 aliphatic carbocycles. The minimum atomic E-state index is -0.393. The van der Waals surface area contributed by atoms with Crippen molar-refractivity contribution < 1.29 is 19.4 Å². The quantitative estimate of drug-likeness (QED) is 0.830. The first-order valence-corrected chi connectivity index (χ1v) is 6.17. The van der Waals surface area contributed by atoms with Gasteiger partial charge in [0.15, 0.2) is 0 Å². The van der Waals surface area contributed by atoms with E-state index in [2.05, 4.69) is 4.74 Å². The van der Waals surface area contributed by atoms with Gasteiger partial charge in [-0.3, -0.25) is 4.79 Å². The molecule has 0 aromatic heterocycles. The summed E-state index contributed by atoms with van der Waals surface area (Å²) >= 11 is 0. The summed E-state index contributed by atoms with van der Waals surface area (Å²) in [4.78, 5) is 25.0. The molecule has 1 aliphatic rings. The van der Waals surface area contributed by atoms with Crippen LogP contribution < -0.4 is 4.90 Å². The summed E-state index contributed by atoms with van der Waals surface area (Å²) in [6.45, 7) is 2.39. The first-order valence-electron chi connectivity index (χ1n) is 6.17. The molecule has 1 atom stereocenters. The molecule has 1 amide bonds. The molecule has 2 rings (SSSR count). The second kappa shape index (κ2) is 5.40. The lowest BCUT2D eigenvalue weighted by Crippen LogP contribution is -2.25. The Morgan fingerprint density at radius 1 is 1.53 bits per heavy atom. The maximum atomic E-state index is 11.9. The number of carbonyl (C=O) groups is 2. The maximum Gasteiger partial charge on any atom is 0.337 e. The molecule has 1 saturated heterocycles. The number of aryl methyl sites for hydroxylation is 1. The van der Waals surface area contributed by atoms with Crippen LogP contribution in [0.1, 0.15) is 22.3 Å². The maximum absolute atomic E-state index is 11.9. The molecule has 0 spiro atoms. The molecule has 102 valence electrons. The summed E-state index contributed by atoms with van der Waals surface area (Å²) in [5.74, 6) is -0.393. The second-order valence-electron chi connectivity index (χ2n) is 4.75. The molecule has 1 aliphatic heterocycles. The minimum absolute atomic E-state index is 0.00724. The van der Waals surface area contributed by atoms with Gasteiger partial charge in [-0.15, -0.1) is 0 Å². The summed E-state index contributed by atoms with van der Waals surface area (Å²) in [6.07, 6.45) is 0.370. The van der Waals surface area contributed by atoms with Crippen molar-refractivity contribution in [2.75, 3.05) is 25.2 Å². The highest BCUT2D eigenvalue weighted by Gasteiger charge is 2.30. The van der Waals surface area contributed by atoms with E-state index in [9.17, 15) is 9.59 Å². The normalized spacial score (nSPS) is 18.8. The summed E-state index contributed by atoms with van der Waals surface area (Å²) in [5.41, 5.74) is 2.09. The molecule has 1 fully saturated rings. The highest BCUT2D eigenvalue weighted by atomic mass is 16.5. The Morgan fingerprint density at radius 2 is 2.26 bits per heavy atom. The van der Waals surface area contributed by atoms with E-state index in [1.807, 2.05) is 6.92 Å². The molecular weight excluding hydrogens is 246 g/mol. The molecule has 1 heterocycles. The van der Waals surface area contributed by atoms with Crippen LogP contribution >= 0.6 is 0 Å². The lowest BCUT2D eigenvalue weighted by atomic mass is 10.1. The van der Waals surface area contributed by atoms with Crippen LogP contribution in [0.25, 0.3) is 0 Å². The van der Waals surface area contributed by atoms with Gasteiger partial charge in [-0.1, -0.05) is 0 Å². The highest BCUT2D eigenvalue weighted by molar-refractivity contribution is 5.97. The number of amides is 1. The molecule has 1 N–H and O–H groups in total. The number of nitrogens with zero attached hydrogens (tertiary/aromatic N) is 1. The number of hydrogen-bond donors (Lipinski definition) is 1. The Bertz CT molecular complexity index is 512. The number of ether oxygens (including phenoxy) is 1. The first kappa shape index (κ1) is 13.5. The zero-order valence-electron chi connectivity index (χ0n) is 11.0. The van der Waals surface area contributed by atoms with Gasteiger partial charge < -0.3 is 14.7 Å². The number of aliphatic hydroxyl groups is 1. The van der Waals surface area contributed by atoms with Gasteiger partial charge in [0, 0.05) is 31.2 Å². The Hall–Kier alpha value is -1.88. The minimum Gasteiger partial charge on any atom is -0.465 e. The van der Waals surface area contributed by atoms with Gasteiger partial charge in [-0.25, -0.2) is 4.79 Å². The molecule has 5 nitrogen and oxygen atoms in total. The molecule has 1 aromatic rings. The zero-order chi connectivity index (χ0) is 14.0. The van der Waals surface area contributed by atoms with Crippen molar-refractivity contribution in [3.8, 4) is 0 Å². The van der Waals surface area contributed by atoms with E-state index in [1.165, 1.54) is 7.11 Å². The number of methoxy groups -OCH3 is 1. The van der Waals surface area contributed by atoms with Gasteiger partial charge in [-0.2, -0.15) is 0 Å². The average Bonchev–Trinajstić information content (AvgIpc) is 2.79. The number of anilines is 1. The van der Waals surface area contributed by atoms with Gasteiger partial charge in [0.2, 0.25) is 5.91 Å². The molecule has 5 heteroatoms. The first-order chi connectivity index (χ1) is 9.06. The van der Waals surface area contributed by atoms with Crippen LogP contribution in [0, 0.1) is 12.8 Å². The van der Waals surface area contributed by atoms with Crippen LogP contribution in [0.3, 0.4) is 0 Å². The van der Waals surface area contributed by atoms with Crippen molar-refractivity contribution in [1.29, 1.82) is 0 Å². The van der Waals surface area contributed by atoms with Crippen molar-refractivity contribution >= 4 is 17.6 Å². The summed E-state index contributed by atoms with van der Waals surface area (Å²) in [5, 5.41) is 9.13. The number of carbonyl (C=O) groups excluding carboxylic acids is 2. The van der Waals surface area contributed by atoms with E-state index in [1.54, 1.807) is 23.1 Å². The molecular formula is C14H17NO4. The number of aliphatic hydroxyl groups excluding tert-OH is 1. The van der Waals surface area contributed by atoms with Gasteiger partial charge in [0.25, 0.3) is 0 Å². The number of rotatable bonds is 3. The Kier molecular flexibility index (Phi) is 3.85. The van der Waals surface area contributed by atoms with Crippen LogP contribution in [0.15, 0.2) is 18.2 Å². The number of esters is 1. The van der Waals surface area contributed by atoms with E-state index in [0.29, 0.717) is 18.5 Å². The van der Waals surface area contributed by atoms with Crippen LogP contribution in [0.2, 0.25) is 0 Å². The van der Waals surface area contributed by atoms with E-state index in [0.717, 1.165) is 11.3 Å². The molecule has 1 aromatic carbocycles. The predicted molar refractivity (Wildman–Crippen MR) is 70.1 cm³/mol. The van der Waals surface area contributed by atoms with Crippen molar-refractivity contribution in [2.24, 2.45) is 5.92 Å². The molecule has 1 unspecified atom stereocenters. The van der Waals surface area contributed by atoms with Crippen molar-refractivity contribution in [1.82, 2.24) is 0 Å². The van der Waals surface area contributed by atoms with Gasteiger partial charge in [0.1, 0.15) is 0 Å². The lowest BCUT2D eigenvalue weighted by Gasteiger charge is -2.19. The zero-order valence-corrected chi connectivity index (χ0v) is 11.0. The van der Waals surface area contributed by atoms with Crippen LogP contribution in [-0.4, -0.2) is 37.2 Å². The standard InChI is InChI=1S/C14H17NO4/c1-9-5-11(14(18)19-2)3-4-12(9)15-7-10(8-16)6-13(15)17/h3-5,10,16H,6-8H2,1-2H3. The lowest BCUT2D eigenvalue weighted by molar-refractivity contribution is -0.117. The summed E-state index contributed by atoms with van der Waals surface area (Å²) in [6, 6.07) is 5.10. The van der Waals surface area contributed by atoms with Crippen molar-refractivity contribution in [3.63, 3.8) is 0 Å². The van der Waals surface area contributed by atoms with Crippen LogP contribution in [-0.2, 0) is 9.53 Å². The van der Waals surface area contributed by atoms with Gasteiger partial charge in [0.05, 0.1) is 12.7 Å². The molecule has 19 heavy (non-hydrogen) atoms. The van der Waals surface area contributed by atoms with E-state index < -0.39 is 5.97 Å². The summed E-state index contributed by atoms with van der Waals surface area (Å²) in [7, 11) is 1.33. The molecule has 0 bridgehead atoms. The van der Waals surface area contributed by atoms with Crippen LogP contribution in [0.5, 0.6) is 0 Å². The number of hydrogen-bond acceptors (Lipinski definition) is 4. The predicted octanol–water partition coefficient (Wildman–Crippen LogP) is 1.13. The van der Waals surface area contributed by atoms with Crippen molar-refractivity contribution in [3.05, 3.63) is 29.3 Å². The van der Waals surface area contributed by atoms with Crippen molar-refractivity contribution in [2.45, 2.75) is 13.3 Å². The Morgan fingerprint density at radius 3 is 2.79 bits per heavy atom. The fraction of sp³-hybridized carbons (Fsp3) is 0.429. The second-order valence-corrected chi connectivity index (χ2v) is 4.75. The SMILES string of the molecule is COC(=O)c1ccc(N2CC(CO)CC2=O)c(C)c1. The third kappa shape index (κ3) is 2.61. The number of benzene rings is 1. The Labute approximate surface area is 111 Å². The van der Waals surface area contributed by atoms with E-state index in [-0.39, 0.29) is 18.4 Å². The third-order valence-corrected chi connectivity index (χ3v) is 3.37. The average molecular weight is 263 g/mol. The monoisotopic (exact) mass is 263 g/mol. The third-order valence-electron chi connectivity index (χ3n) is 3.37. The fourth-order valence-electron chi connectivity index (χ4n) is 2.34. The fourth-order valence-corrected chi connectivity index (χ4v) is 2.34. The smallest absolute Gasteiger partial charge is 0.337 e. The van der Waals surface area contributed by atoms with E-state index in [4.69, 9.17) is 5.11 Å². The highest BCUT2D eigenvalue weighted by Crippen LogP contribution is 2.28. The van der Waals surface area contributed by atoms with Gasteiger partial charge >= 0.3 is 5.97 Å². The Balaban J connectivity index is 2.27. The molecule has 0 radical (unpaired) electrons. The largest absolute Gasteiger partial charge is 0.465 e. The summed E-state index contributed by atoms with van der Waals surface area (Å²) < 4.78 is 4.66. The van der Waals surface area contributed by atoms with Crippen LogP contribution in [0.4, 0.5) is 5.69 Å². The van der Waals surface area contributed by atoms with E-state index >= 15 is 0 Å². The molecule has 0 saturated carbocycles.